The predicted molar refractivity (Wildman–Crippen MR) is 124 cm³/mol. The minimum Gasteiger partial charge on any atom is -0.489 e. The van der Waals surface area contributed by atoms with Crippen molar-refractivity contribution in [3.63, 3.8) is 0 Å². The smallest absolute Gasteiger partial charge is 0.416 e. The van der Waals surface area contributed by atoms with Crippen LogP contribution in [0.4, 0.5) is 13.2 Å². The zero-order chi connectivity index (χ0) is 24.5. The normalized spacial score (nSPS) is 12.1. The first-order valence-corrected chi connectivity index (χ1v) is 11.1. The third kappa shape index (κ3) is 5.04. The highest BCUT2D eigenvalue weighted by atomic mass is 32.2. The highest BCUT2D eigenvalue weighted by Gasteiger charge is 2.30. The highest BCUT2D eigenvalue weighted by molar-refractivity contribution is 8.01. The summed E-state index contributed by atoms with van der Waals surface area (Å²) in [5.74, 6) is -0.286. The van der Waals surface area contributed by atoms with Gasteiger partial charge in [0.2, 0.25) is 0 Å². The van der Waals surface area contributed by atoms with Crippen LogP contribution >= 0.6 is 11.8 Å². The number of hydrogen-bond donors (Lipinski definition) is 1. The number of fused-ring (bicyclic) bond motifs is 1. The number of aliphatic carboxylic acids is 1. The van der Waals surface area contributed by atoms with E-state index in [0.717, 1.165) is 33.5 Å². The molecule has 0 bridgehead atoms. The second-order valence-corrected chi connectivity index (χ2v) is 9.83. The second-order valence-electron chi connectivity index (χ2n) is 8.13. The first-order valence-electron chi connectivity index (χ1n) is 10.3. The van der Waals surface area contributed by atoms with Crippen LogP contribution in [0.2, 0.25) is 0 Å². The number of ether oxygens (including phenoxy) is 1. The topological polar surface area (TPSA) is 64.4 Å². The molecular weight excluding hydrogens is 465 g/mol. The predicted octanol–water partition coefficient (Wildman–Crippen LogP) is 6.58. The van der Waals surface area contributed by atoms with Crippen molar-refractivity contribution in [2.75, 3.05) is 0 Å². The second kappa shape index (κ2) is 9.06. The van der Waals surface area contributed by atoms with Gasteiger partial charge in [0, 0.05) is 15.8 Å². The van der Waals surface area contributed by atoms with Gasteiger partial charge in [0.05, 0.1) is 23.0 Å². The van der Waals surface area contributed by atoms with Gasteiger partial charge in [-0.2, -0.15) is 18.3 Å². The standard InChI is InChI=1S/C25H21F3N2O3S/c1-24(2,23(31)32)34-21-12-10-20(11-13-21)33-15-17-5-3-4-16-14-29-30(22(16)17)19-8-6-18(7-9-19)25(26,27)28/h3-14H,15H2,1-2H3,(H,31,32). The molecule has 0 atom stereocenters. The SMILES string of the molecule is CC(C)(Sc1ccc(OCc2cccc3cnn(-c4ccc(C(F)(F)F)cc4)c23)cc1)C(=O)O. The average Bonchev–Trinajstić information content (AvgIpc) is 3.23. The molecule has 0 fully saturated rings. The lowest BCUT2D eigenvalue weighted by atomic mass is 10.1. The van der Waals surface area contributed by atoms with Crippen LogP contribution in [0.1, 0.15) is 25.0 Å². The van der Waals surface area contributed by atoms with Crippen LogP contribution in [0.25, 0.3) is 16.6 Å². The molecule has 3 aromatic carbocycles. The number of nitrogens with zero attached hydrogens (tertiary/aromatic N) is 2. The van der Waals surface area contributed by atoms with E-state index in [2.05, 4.69) is 5.10 Å². The molecule has 0 aliphatic heterocycles. The molecular formula is C25H21F3N2O3S. The maximum atomic E-state index is 12.9. The van der Waals surface area contributed by atoms with Gasteiger partial charge in [-0.05, 0) is 62.4 Å². The fourth-order valence-corrected chi connectivity index (χ4v) is 4.31. The van der Waals surface area contributed by atoms with E-state index in [1.165, 1.54) is 23.9 Å². The summed E-state index contributed by atoms with van der Waals surface area (Å²) in [4.78, 5) is 12.1. The molecule has 1 aromatic heterocycles. The lowest BCUT2D eigenvalue weighted by Crippen LogP contribution is -2.26. The Bertz CT molecular complexity index is 1310. The third-order valence-electron chi connectivity index (χ3n) is 5.22. The Balaban J connectivity index is 1.54. The molecule has 4 rings (SSSR count). The summed E-state index contributed by atoms with van der Waals surface area (Å²) in [6.45, 7) is 3.51. The number of benzene rings is 3. The van der Waals surface area contributed by atoms with Gasteiger partial charge in [0.1, 0.15) is 17.1 Å². The molecule has 4 aromatic rings. The first kappa shape index (κ1) is 23.7. The summed E-state index contributed by atoms with van der Waals surface area (Å²) >= 11 is 1.25. The van der Waals surface area contributed by atoms with Crippen LogP contribution in [0.3, 0.4) is 0 Å². The van der Waals surface area contributed by atoms with Crippen molar-refractivity contribution in [1.29, 1.82) is 0 Å². The molecule has 1 N–H and O–H groups in total. The van der Waals surface area contributed by atoms with Gasteiger partial charge >= 0.3 is 12.1 Å². The van der Waals surface area contributed by atoms with Crippen molar-refractivity contribution >= 4 is 28.6 Å². The number of aromatic nitrogens is 2. The number of carboxylic acid groups (broad SMARTS) is 1. The zero-order valence-electron chi connectivity index (χ0n) is 18.3. The Morgan fingerprint density at radius 3 is 2.32 bits per heavy atom. The minimum absolute atomic E-state index is 0.219. The van der Waals surface area contributed by atoms with Crippen molar-refractivity contribution < 1.29 is 27.8 Å². The monoisotopic (exact) mass is 486 g/mol. The van der Waals surface area contributed by atoms with E-state index in [1.54, 1.807) is 49.0 Å². The molecule has 176 valence electrons. The maximum absolute atomic E-state index is 12.9. The summed E-state index contributed by atoms with van der Waals surface area (Å²) in [5.41, 5.74) is 1.36. The fraction of sp³-hybridized carbons (Fsp3) is 0.200. The first-order chi connectivity index (χ1) is 16.0. The number of para-hydroxylation sites is 1. The number of rotatable bonds is 7. The summed E-state index contributed by atoms with van der Waals surface area (Å²) in [5, 5.41) is 14.5. The van der Waals surface area contributed by atoms with Gasteiger partial charge in [0.15, 0.2) is 0 Å². The van der Waals surface area contributed by atoms with Crippen molar-refractivity contribution in [2.24, 2.45) is 0 Å². The molecule has 0 aliphatic carbocycles. The number of carboxylic acids is 1. The van der Waals surface area contributed by atoms with Crippen LogP contribution < -0.4 is 4.74 Å². The number of halogens is 3. The van der Waals surface area contributed by atoms with Crippen molar-refractivity contribution in [2.45, 2.75) is 36.3 Å². The van der Waals surface area contributed by atoms with E-state index in [-0.39, 0.29) is 6.61 Å². The van der Waals surface area contributed by atoms with E-state index in [0.29, 0.717) is 11.4 Å². The lowest BCUT2D eigenvalue weighted by Gasteiger charge is -2.18. The number of carbonyl (C=O) groups is 1. The summed E-state index contributed by atoms with van der Waals surface area (Å²) in [7, 11) is 0. The Kier molecular flexibility index (Phi) is 6.31. The maximum Gasteiger partial charge on any atom is 0.416 e. The van der Waals surface area contributed by atoms with Crippen LogP contribution in [0, 0.1) is 0 Å². The highest BCUT2D eigenvalue weighted by Crippen LogP contribution is 2.34. The Morgan fingerprint density at radius 1 is 1.03 bits per heavy atom. The van der Waals surface area contributed by atoms with Gasteiger partial charge in [-0.3, -0.25) is 4.79 Å². The summed E-state index contributed by atoms with van der Waals surface area (Å²) in [6.07, 6.45) is -2.74. The lowest BCUT2D eigenvalue weighted by molar-refractivity contribution is -0.139. The molecule has 0 amide bonds. The van der Waals surface area contributed by atoms with Gasteiger partial charge in [-0.15, -0.1) is 11.8 Å². The number of hydrogen-bond acceptors (Lipinski definition) is 4. The van der Waals surface area contributed by atoms with Gasteiger partial charge in [0.25, 0.3) is 0 Å². The van der Waals surface area contributed by atoms with E-state index >= 15 is 0 Å². The molecule has 0 unspecified atom stereocenters. The van der Waals surface area contributed by atoms with Crippen molar-refractivity contribution in [1.82, 2.24) is 9.78 Å². The summed E-state index contributed by atoms with van der Waals surface area (Å²) < 4.78 is 45.3. The van der Waals surface area contributed by atoms with E-state index in [4.69, 9.17) is 4.74 Å². The molecule has 34 heavy (non-hydrogen) atoms. The quantitative estimate of drug-likeness (QED) is 0.299. The van der Waals surface area contributed by atoms with Crippen LogP contribution in [-0.2, 0) is 17.6 Å². The summed E-state index contributed by atoms with van der Waals surface area (Å²) in [6, 6.07) is 17.6. The molecule has 5 nitrogen and oxygen atoms in total. The molecule has 1 heterocycles. The molecule has 0 saturated heterocycles. The molecule has 0 aliphatic rings. The number of alkyl halides is 3. The molecule has 0 radical (unpaired) electrons. The number of thioether (sulfide) groups is 1. The Hall–Kier alpha value is -3.46. The van der Waals surface area contributed by atoms with Crippen molar-refractivity contribution in [3.05, 3.63) is 84.1 Å². The van der Waals surface area contributed by atoms with Crippen LogP contribution in [0.15, 0.2) is 77.8 Å². The third-order valence-corrected chi connectivity index (χ3v) is 6.41. The van der Waals surface area contributed by atoms with Gasteiger partial charge in [-0.1, -0.05) is 18.2 Å². The van der Waals surface area contributed by atoms with Crippen molar-refractivity contribution in [3.8, 4) is 11.4 Å². The molecule has 0 spiro atoms. The zero-order valence-corrected chi connectivity index (χ0v) is 19.2. The van der Waals surface area contributed by atoms with E-state index < -0.39 is 22.5 Å². The average molecular weight is 487 g/mol. The van der Waals surface area contributed by atoms with E-state index in [9.17, 15) is 23.1 Å². The largest absolute Gasteiger partial charge is 0.489 e. The van der Waals surface area contributed by atoms with Gasteiger partial charge < -0.3 is 9.84 Å². The Morgan fingerprint density at radius 2 is 1.71 bits per heavy atom. The minimum atomic E-state index is -4.40. The van der Waals surface area contributed by atoms with Crippen LogP contribution in [0.5, 0.6) is 5.75 Å². The van der Waals surface area contributed by atoms with Gasteiger partial charge in [-0.25, -0.2) is 4.68 Å². The Labute approximate surface area is 198 Å². The van der Waals surface area contributed by atoms with E-state index in [1.807, 2.05) is 18.2 Å². The fourth-order valence-electron chi connectivity index (χ4n) is 3.36. The van der Waals surface area contributed by atoms with Crippen LogP contribution in [-0.4, -0.2) is 25.6 Å². The molecule has 9 heteroatoms. The molecule has 0 saturated carbocycles.